The molecular formula is C13H15NO5. The van der Waals surface area contributed by atoms with Crippen molar-refractivity contribution in [1.29, 1.82) is 0 Å². The summed E-state index contributed by atoms with van der Waals surface area (Å²) in [5, 5.41) is 2.43. The minimum atomic E-state index is -0.867. The molecule has 0 bridgehead atoms. The van der Waals surface area contributed by atoms with Gasteiger partial charge in [-0.25, -0.2) is 4.79 Å². The Kier molecular flexibility index (Phi) is 5.53. The molecule has 0 saturated heterocycles. The lowest BCUT2D eigenvalue weighted by molar-refractivity contribution is -0.145. The molecule has 0 aliphatic heterocycles. The van der Waals surface area contributed by atoms with Crippen LogP contribution in [0.3, 0.4) is 0 Å². The summed E-state index contributed by atoms with van der Waals surface area (Å²) < 4.78 is 9.92. The molecule has 1 aromatic carbocycles. The van der Waals surface area contributed by atoms with Gasteiger partial charge < -0.3 is 14.8 Å². The molecule has 0 spiro atoms. The lowest BCUT2D eigenvalue weighted by Gasteiger charge is -2.16. The molecule has 6 nitrogen and oxygen atoms in total. The fraction of sp³-hybridized carbons (Fsp3) is 0.308. The monoisotopic (exact) mass is 265 g/mol. The van der Waals surface area contributed by atoms with Crippen LogP contribution in [0.4, 0.5) is 0 Å². The summed E-state index contributed by atoms with van der Waals surface area (Å²) in [4.78, 5) is 32.8. The van der Waals surface area contributed by atoms with Crippen LogP contribution in [-0.4, -0.2) is 37.9 Å². The smallest absolute Gasteiger partial charge is 0.331 e. The van der Waals surface area contributed by atoms with Crippen molar-refractivity contribution in [1.82, 2.24) is 5.32 Å². The second-order valence-corrected chi connectivity index (χ2v) is 3.77. The normalized spacial score (nSPS) is 11.3. The van der Waals surface area contributed by atoms with Gasteiger partial charge in [0.05, 0.1) is 7.11 Å². The highest BCUT2D eigenvalue weighted by Crippen LogP contribution is 2.11. The maximum absolute atomic E-state index is 11.4. The number of amides is 1. The number of rotatable bonds is 6. The zero-order valence-corrected chi connectivity index (χ0v) is 10.7. The summed E-state index contributed by atoms with van der Waals surface area (Å²) in [5.41, 5.74) is 0.527. The van der Waals surface area contributed by atoms with E-state index in [1.807, 2.05) is 0 Å². The van der Waals surface area contributed by atoms with Gasteiger partial charge in [0.15, 0.2) is 6.04 Å². The number of esters is 1. The summed E-state index contributed by atoms with van der Waals surface area (Å²) in [6, 6.07) is 5.52. The average molecular weight is 265 g/mol. The van der Waals surface area contributed by atoms with E-state index >= 15 is 0 Å². The van der Waals surface area contributed by atoms with Crippen LogP contribution in [0.1, 0.15) is 17.3 Å². The second kappa shape index (κ2) is 7.15. The highest BCUT2D eigenvalue weighted by Gasteiger charge is 2.20. The lowest BCUT2D eigenvalue weighted by Crippen LogP contribution is -2.44. The third-order valence-corrected chi connectivity index (χ3v) is 2.30. The van der Waals surface area contributed by atoms with Crippen molar-refractivity contribution in [3.05, 3.63) is 29.8 Å². The Labute approximate surface area is 110 Å². The van der Waals surface area contributed by atoms with Gasteiger partial charge in [0.25, 0.3) is 0 Å². The molecule has 0 fully saturated rings. The number of carbonyl (C=O) groups is 3. The first-order chi connectivity index (χ1) is 9.06. The first-order valence-corrected chi connectivity index (χ1v) is 5.59. The van der Waals surface area contributed by atoms with E-state index in [1.54, 1.807) is 24.3 Å². The predicted molar refractivity (Wildman–Crippen MR) is 66.9 cm³/mol. The molecule has 1 N–H and O–H groups in total. The molecule has 0 aliphatic rings. The summed E-state index contributed by atoms with van der Waals surface area (Å²) in [6.07, 6.45) is 0.721. The molecule has 1 amide bonds. The van der Waals surface area contributed by atoms with Crippen LogP contribution in [0.2, 0.25) is 0 Å². The van der Waals surface area contributed by atoms with Gasteiger partial charge in [-0.15, -0.1) is 0 Å². The van der Waals surface area contributed by atoms with E-state index in [9.17, 15) is 14.4 Å². The third-order valence-electron chi connectivity index (χ3n) is 2.30. The summed E-state index contributed by atoms with van der Waals surface area (Å²) >= 11 is 0. The Balaban J connectivity index is 2.61. The molecular weight excluding hydrogens is 250 g/mol. The van der Waals surface area contributed by atoms with Gasteiger partial charge in [0, 0.05) is 12.5 Å². The van der Waals surface area contributed by atoms with Crippen LogP contribution in [0.15, 0.2) is 24.3 Å². The van der Waals surface area contributed by atoms with E-state index in [2.05, 4.69) is 10.1 Å². The largest absolute Gasteiger partial charge is 0.491 e. The number of nitrogens with one attached hydrogen (secondary N) is 1. The van der Waals surface area contributed by atoms with Crippen molar-refractivity contribution in [2.24, 2.45) is 0 Å². The Morgan fingerprint density at radius 2 is 1.95 bits per heavy atom. The molecule has 1 aromatic rings. The number of hydrogen-bond acceptors (Lipinski definition) is 5. The van der Waals surface area contributed by atoms with Gasteiger partial charge in [0.2, 0.25) is 5.91 Å². The number of hydrogen-bond donors (Lipinski definition) is 1. The van der Waals surface area contributed by atoms with Crippen LogP contribution in [-0.2, 0) is 14.3 Å². The Morgan fingerprint density at radius 1 is 1.32 bits per heavy atom. The average Bonchev–Trinajstić information content (AvgIpc) is 2.42. The maximum Gasteiger partial charge on any atom is 0.331 e. The number of carbonyl (C=O) groups excluding carboxylic acids is 3. The number of methoxy groups -OCH3 is 1. The molecule has 0 radical (unpaired) electrons. The molecule has 0 aliphatic carbocycles. The molecule has 6 heteroatoms. The van der Waals surface area contributed by atoms with Crippen molar-refractivity contribution >= 4 is 18.2 Å². The van der Waals surface area contributed by atoms with E-state index < -0.39 is 12.0 Å². The van der Waals surface area contributed by atoms with Gasteiger partial charge in [0.1, 0.15) is 18.6 Å². The molecule has 0 heterocycles. The highest BCUT2D eigenvalue weighted by molar-refractivity contribution is 5.83. The van der Waals surface area contributed by atoms with E-state index in [-0.39, 0.29) is 12.5 Å². The van der Waals surface area contributed by atoms with E-state index in [4.69, 9.17) is 4.74 Å². The molecule has 1 atom stereocenters. The van der Waals surface area contributed by atoms with Crippen molar-refractivity contribution in [2.45, 2.75) is 13.0 Å². The minimum Gasteiger partial charge on any atom is -0.491 e. The van der Waals surface area contributed by atoms with Gasteiger partial charge >= 0.3 is 5.97 Å². The molecule has 0 aromatic heterocycles. The first kappa shape index (κ1) is 14.7. The molecule has 1 rings (SSSR count). The van der Waals surface area contributed by atoms with Crippen LogP contribution < -0.4 is 10.1 Å². The molecule has 102 valence electrons. The molecule has 0 saturated carbocycles. The fourth-order valence-corrected chi connectivity index (χ4v) is 1.38. The number of ether oxygens (including phenoxy) is 2. The van der Waals surface area contributed by atoms with Gasteiger partial charge in [-0.3, -0.25) is 9.59 Å². The van der Waals surface area contributed by atoms with Crippen molar-refractivity contribution < 1.29 is 23.9 Å². The van der Waals surface area contributed by atoms with Crippen molar-refractivity contribution in [2.75, 3.05) is 13.7 Å². The fourth-order valence-electron chi connectivity index (χ4n) is 1.38. The summed E-state index contributed by atoms with van der Waals surface area (Å²) in [5.74, 6) is -0.445. The zero-order valence-electron chi connectivity index (χ0n) is 10.7. The predicted octanol–water partition coefficient (Wildman–Crippen LogP) is 0.556. The Hall–Kier alpha value is -2.37. The Morgan fingerprint density at radius 3 is 2.42 bits per heavy atom. The van der Waals surface area contributed by atoms with Crippen LogP contribution in [0, 0.1) is 0 Å². The van der Waals surface area contributed by atoms with Crippen LogP contribution >= 0.6 is 0 Å². The van der Waals surface area contributed by atoms with Crippen LogP contribution in [0.5, 0.6) is 5.75 Å². The van der Waals surface area contributed by atoms with E-state index in [1.165, 1.54) is 14.0 Å². The highest BCUT2D eigenvalue weighted by atomic mass is 16.5. The first-order valence-electron chi connectivity index (χ1n) is 5.59. The standard InChI is InChI=1S/C13H15NO5/c1-9(16)14-12(13(17)18-2)8-19-11-5-3-10(7-15)4-6-11/h3-7,12H,8H2,1-2H3,(H,14,16). The quantitative estimate of drug-likeness (QED) is 0.600. The topological polar surface area (TPSA) is 81.7 Å². The Bertz CT molecular complexity index is 455. The number of benzene rings is 1. The second-order valence-electron chi connectivity index (χ2n) is 3.77. The van der Waals surface area contributed by atoms with Crippen molar-refractivity contribution in [3.8, 4) is 5.75 Å². The summed E-state index contributed by atoms with van der Waals surface area (Å²) in [7, 11) is 1.23. The number of aldehydes is 1. The van der Waals surface area contributed by atoms with Gasteiger partial charge in [-0.1, -0.05) is 0 Å². The third kappa shape index (κ3) is 4.79. The zero-order chi connectivity index (χ0) is 14.3. The van der Waals surface area contributed by atoms with Crippen LogP contribution in [0.25, 0.3) is 0 Å². The van der Waals surface area contributed by atoms with E-state index in [0.29, 0.717) is 11.3 Å². The van der Waals surface area contributed by atoms with Crippen molar-refractivity contribution in [3.63, 3.8) is 0 Å². The van der Waals surface area contributed by atoms with Gasteiger partial charge in [-0.2, -0.15) is 0 Å². The molecule has 19 heavy (non-hydrogen) atoms. The minimum absolute atomic E-state index is 0.0489. The SMILES string of the molecule is COC(=O)C(COc1ccc(C=O)cc1)NC(C)=O. The lowest BCUT2D eigenvalue weighted by atomic mass is 10.2. The summed E-state index contributed by atoms with van der Waals surface area (Å²) in [6.45, 7) is 1.25. The van der Waals surface area contributed by atoms with E-state index in [0.717, 1.165) is 6.29 Å². The molecule has 1 unspecified atom stereocenters. The maximum atomic E-state index is 11.4. The van der Waals surface area contributed by atoms with Gasteiger partial charge in [-0.05, 0) is 24.3 Å².